The molecule has 0 unspecified atom stereocenters. The molecule has 2 bridgehead atoms. The van der Waals surface area contributed by atoms with Crippen LogP contribution in [-0.4, -0.2) is 34.7 Å². The monoisotopic (exact) mass is 325 g/mol. The molecule has 3 fully saturated rings. The zero-order valence-electron chi connectivity index (χ0n) is 15.2. The molecule has 0 radical (unpaired) electrons. The Labute approximate surface area is 146 Å². The average Bonchev–Trinajstić information content (AvgIpc) is 3.36. The van der Waals surface area contributed by atoms with Crippen LogP contribution in [0.1, 0.15) is 62.1 Å². The predicted molar refractivity (Wildman–Crippen MR) is 97.2 cm³/mol. The van der Waals surface area contributed by atoms with E-state index < -0.39 is 5.60 Å². The van der Waals surface area contributed by atoms with Crippen molar-refractivity contribution in [2.75, 3.05) is 13.1 Å². The van der Waals surface area contributed by atoms with Crippen molar-refractivity contribution < 1.29 is 5.11 Å². The van der Waals surface area contributed by atoms with Gasteiger partial charge in [0.2, 0.25) is 0 Å². The molecule has 24 heavy (non-hydrogen) atoms. The second-order valence-corrected chi connectivity index (χ2v) is 9.42. The molecule has 2 heteroatoms. The molecule has 4 atom stereocenters. The van der Waals surface area contributed by atoms with Gasteiger partial charge in [-0.05, 0) is 81.4 Å². The van der Waals surface area contributed by atoms with Crippen molar-refractivity contribution in [2.45, 2.75) is 75.9 Å². The summed E-state index contributed by atoms with van der Waals surface area (Å²) < 4.78 is 0. The van der Waals surface area contributed by atoms with Crippen molar-refractivity contribution in [2.24, 2.45) is 11.8 Å². The van der Waals surface area contributed by atoms with E-state index in [2.05, 4.69) is 36.9 Å². The quantitative estimate of drug-likeness (QED) is 0.893. The molecular weight excluding hydrogens is 294 g/mol. The fourth-order valence-corrected chi connectivity index (χ4v) is 6.32. The van der Waals surface area contributed by atoms with E-state index in [-0.39, 0.29) is 5.41 Å². The fourth-order valence-electron chi connectivity index (χ4n) is 6.32. The van der Waals surface area contributed by atoms with Gasteiger partial charge in [0, 0.05) is 18.0 Å². The van der Waals surface area contributed by atoms with Gasteiger partial charge in [0.15, 0.2) is 0 Å². The van der Waals surface area contributed by atoms with E-state index in [1.807, 2.05) is 0 Å². The van der Waals surface area contributed by atoms with Crippen LogP contribution in [0.25, 0.3) is 0 Å². The highest BCUT2D eigenvalue weighted by atomic mass is 16.3. The number of rotatable bonds is 2. The Kier molecular flexibility index (Phi) is 3.26. The third kappa shape index (κ3) is 2.02. The molecule has 1 aromatic carbocycles. The number of benzene rings is 1. The van der Waals surface area contributed by atoms with E-state index in [9.17, 15) is 5.11 Å². The van der Waals surface area contributed by atoms with Crippen LogP contribution in [0.3, 0.4) is 0 Å². The summed E-state index contributed by atoms with van der Waals surface area (Å²) in [7, 11) is 0. The smallest absolute Gasteiger partial charge is 0.0902 e. The van der Waals surface area contributed by atoms with Crippen LogP contribution in [0, 0.1) is 18.8 Å². The highest BCUT2D eigenvalue weighted by Crippen LogP contribution is 2.59. The van der Waals surface area contributed by atoms with Crippen LogP contribution < -0.4 is 0 Å². The number of fused-ring (bicyclic) bond motifs is 1. The van der Waals surface area contributed by atoms with Crippen LogP contribution in [0.4, 0.5) is 0 Å². The third-order valence-electron chi connectivity index (χ3n) is 7.75. The van der Waals surface area contributed by atoms with E-state index in [0.717, 1.165) is 31.1 Å². The Balaban J connectivity index is 1.64. The van der Waals surface area contributed by atoms with Crippen molar-refractivity contribution in [3.05, 3.63) is 34.9 Å². The normalized spacial score (nSPS) is 41.6. The van der Waals surface area contributed by atoms with Crippen molar-refractivity contribution >= 4 is 0 Å². The van der Waals surface area contributed by atoms with E-state index in [0.29, 0.717) is 6.04 Å². The Morgan fingerprint density at radius 3 is 2.83 bits per heavy atom. The SMILES string of the molecule is Cc1ccc2c(c1)[C@]13CCN(CC4CC4)[C@H](C2)[C@]1(O)CC[C@@H](C)C3. The summed E-state index contributed by atoms with van der Waals surface area (Å²) in [6.07, 6.45) is 8.36. The number of aliphatic hydroxyl groups is 1. The maximum Gasteiger partial charge on any atom is 0.0902 e. The summed E-state index contributed by atoms with van der Waals surface area (Å²) in [5.41, 5.74) is 3.87. The van der Waals surface area contributed by atoms with Gasteiger partial charge < -0.3 is 5.11 Å². The lowest BCUT2D eigenvalue weighted by molar-refractivity contribution is -0.173. The Morgan fingerprint density at radius 2 is 2.04 bits per heavy atom. The van der Waals surface area contributed by atoms with Gasteiger partial charge in [-0.3, -0.25) is 4.90 Å². The first-order valence-corrected chi connectivity index (χ1v) is 10.1. The predicted octanol–water partition coefficient (Wildman–Crippen LogP) is 3.82. The molecule has 0 spiro atoms. The number of likely N-dealkylation sites (tertiary alicyclic amines) is 1. The van der Waals surface area contributed by atoms with Crippen molar-refractivity contribution in [3.8, 4) is 0 Å². The first-order chi connectivity index (χ1) is 11.5. The van der Waals surface area contributed by atoms with E-state index in [1.165, 1.54) is 55.5 Å². The highest BCUT2D eigenvalue weighted by molar-refractivity contribution is 5.46. The van der Waals surface area contributed by atoms with Crippen LogP contribution in [0.5, 0.6) is 0 Å². The van der Waals surface area contributed by atoms with Crippen molar-refractivity contribution in [1.29, 1.82) is 0 Å². The largest absolute Gasteiger partial charge is 0.387 e. The number of piperidine rings is 1. The molecule has 0 amide bonds. The van der Waals surface area contributed by atoms with Crippen LogP contribution in [-0.2, 0) is 11.8 Å². The lowest BCUT2D eigenvalue weighted by Crippen LogP contribution is -2.73. The van der Waals surface area contributed by atoms with Gasteiger partial charge in [0.05, 0.1) is 5.60 Å². The van der Waals surface area contributed by atoms with E-state index in [1.54, 1.807) is 0 Å². The molecule has 1 saturated heterocycles. The minimum Gasteiger partial charge on any atom is -0.387 e. The van der Waals surface area contributed by atoms with Crippen molar-refractivity contribution in [1.82, 2.24) is 4.90 Å². The fraction of sp³-hybridized carbons (Fsp3) is 0.727. The first-order valence-electron chi connectivity index (χ1n) is 10.1. The molecule has 1 aliphatic heterocycles. The molecule has 1 aromatic rings. The number of hydrogen-bond acceptors (Lipinski definition) is 2. The zero-order chi connectivity index (χ0) is 16.5. The average molecular weight is 325 g/mol. The van der Waals surface area contributed by atoms with Gasteiger partial charge in [-0.1, -0.05) is 30.7 Å². The van der Waals surface area contributed by atoms with Gasteiger partial charge in [0.1, 0.15) is 0 Å². The summed E-state index contributed by atoms with van der Waals surface area (Å²) in [4.78, 5) is 2.68. The molecule has 1 heterocycles. The maximum absolute atomic E-state index is 12.1. The van der Waals surface area contributed by atoms with E-state index >= 15 is 0 Å². The number of aryl methyl sites for hydroxylation is 1. The second kappa shape index (κ2) is 5.08. The molecule has 1 N–H and O–H groups in total. The lowest BCUT2D eigenvalue weighted by atomic mass is 9.48. The summed E-state index contributed by atoms with van der Waals surface area (Å²) in [6.45, 7) is 7.00. The molecule has 2 nitrogen and oxygen atoms in total. The first kappa shape index (κ1) is 15.4. The molecular formula is C22H31NO. The topological polar surface area (TPSA) is 23.5 Å². The molecule has 0 aromatic heterocycles. The Bertz CT molecular complexity index is 666. The standard InChI is InChI=1S/C22H31NO/c1-15-3-6-18-12-20-22(24)8-7-16(2)13-21(22,19(18)11-15)9-10-23(20)14-17-4-5-17/h3,6,11,16-17,20,24H,4-5,7-10,12-14H2,1-2H3/t16-,20-,21-,22-/m1/s1. The van der Waals surface area contributed by atoms with E-state index in [4.69, 9.17) is 0 Å². The van der Waals surface area contributed by atoms with Gasteiger partial charge in [-0.15, -0.1) is 0 Å². The highest BCUT2D eigenvalue weighted by Gasteiger charge is 2.64. The summed E-state index contributed by atoms with van der Waals surface area (Å²) in [5, 5.41) is 12.1. The third-order valence-corrected chi connectivity index (χ3v) is 7.75. The molecule has 2 saturated carbocycles. The molecule has 4 aliphatic rings. The van der Waals surface area contributed by atoms with Crippen LogP contribution in [0.2, 0.25) is 0 Å². The van der Waals surface area contributed by atoms with Gasteiger partial charge in [0.25, 0.3) is 0 Å². The molecule has 5 rings (SSSR count). The number of hydrogen-bond donors (Lipinski definition) is 1. The van der Waals surface area contributed by atoms with Crippen molar-refractivity contribution in [3.63, 3.8) is 0 Å². The van der Waals surface area contributed by atoms with Gasteiger partial charge in [-0.25, -0.2) is 0 Å². The maximum atomic E-state index is 12.1. The Morgan fingerprint density at radius 1 is 1.21 bits per heavy atom. The lowest BCUT2D eigenvalue weighted by Gasteiger charge is -2.65. The summed E-state index contributed by atoms with van der Waals surface area (Å²) in [5.74, 6) is 1.63. The summed E-state index contributed by atoms with van der Waals surface area (Å²) in [6, 6.07) is 7.38. The minimum absolute atomic E-state index is 0.00892. The second-order valence-electron chi connectivity index (χ2n) is 9.42. The molecule has 130 valence electrons. The van der Waals surface area contributed by atoms with Gasteiger partial charge in [-0.2, -0.15) is 0 Å². The zero-order valence-corrected chi connectivity index (χ0v) is 15.2. The Hall–Kier alpha value is -0.860. The number of nitrogens with zero attached hydrogens (tertiary/aromatic N) is 1. The van der Waals surface area contributed by atoms with Crippen LogP contribution >= 0.6 is 0 Å². The van der Waals surface area contributed by atoms with Gasteiger partial charge >= 0.3 is 0 Å². The summed E-state index contributed by atoms with van der Waals surface area (Å²) >= 11 is 0. The molecule has 3 aliphatic carbocycles. The minimum atomic E-state index is -0.507. The van der Waals surface area contributed by atoms with Crippen LogP contribution in [0.15, 0.2) is 18.2 Å².